The molecule has 2 rings (SSSR count). The molecule has 0 spiro atoms. The summed E-state index contributed by atoms with van der Waals surface area (Å²) >= 11 is 6.08. The largest absolute Gasteiger partial charge is 0.415 e. The third-order valence-electron chi connectivity index (χ3n) is 5.05. The minimum atomic E-state index is -1.89. The first kappa shape index (κ1) is 17.5. The summed E-state index contributed by atoms with van der Waals surface area (Å²) in [6, 6.07) is 5.73. The lowest BCUT2D eigenvalue weighted by atomic mass is 9.74. The highest BCUT2D eigenvalue weighted by atomic mass is 35.5. The number of fused-ring (bicyclic) bond motifs is 1. The number of allylic oxidation sites excluding steroid dienone is 1. The van der Waals surface area contributed by atoms with Crippen LogP contribution in [0.3, 0.4) is 0 Å². The van der Waals surface area contributed by atoms with Gasteiger partial charge in [-0.15, -0.1) is 0 Å². The van der Waals surface area contributed by atoms with E-state index < -0.39 is 13.7 Å². The van der Waals surface area contributed by atoms with Crippen molar-refractivity contribution in [2.75, 3.05) is 6.61 Å². The molecule has 1 aliphatic rings. The molecule has 1 aromatic rings. The molecule has 0 heterocycles. The summed E-state index contributed by atoms with van der Waals surface area (Å²) in [7, 11) is -1.89. The lowest BCUT2D eigenvalue weighted by Crippen LogP contribution is -2.46. The molecule has 0 saturated carbocycles. The van der Waals surface area contributed by atoms with E-state index in [9.17, 15) is 4.79 Å². The summed E-state index contributed by atoms with van der Waals surface area (Å²) in [5.74, 6) is 0. The first-order chi connectivity index (χ1) is 10.1. The fraction of sp³-hybridized carbons (Fsp3) is 0.500. The van der Waals surface area contributed by atoms with Gasteiger partial charge in [0, 0.05) is 5.02 Å². The molecule has 0 fully saturated rings. The van der Waals surface area contributed by atoms with Crippen molar-refractivity contribution >= 4 is 32.3 Å². The van der Waals surface area contributed by atoms with Gasteiger partial charge in [-0.25, -0.2) is 0 Å². The van der Waals surface area contributed by atoms with Gasteiger partial charge in [0.25, 0.3) is 0 Å². The highest BCUT2D eigenvalue weighted by Gasteiger charge is 2.42. The van der Waals surface area contributed by atoms with Gasteiger partial charge < -0.3 is 9.22 Å². The fourth-order valence-electron chi connectivity index (χ4n) is 2.44. The van der Waals surface area contributed by atoms with Gasteiger partial charge in [-0.3, -0.25) is 0 Å². The number of hydrogen-bond acceptors (Lipinski definition) is 2. The highest BCUT2D eigenvalue weighted by molar-refractivity contribution is 6.74. The number of carbonyl (C=O) groups is 1. The molecule has 1 atom stereocenters. The second kappa shape index (κ2) is 5.95. The molecule has 1 aliphatic carbocycles. The van der Waals surface area contributed by atoms with Gasteiger partial charge in [-0.05, 0) is 47.8 Å². The maximum atomic E-state index is 12.0. The van der Waals surface area contributed by atoms with Crippen LogP contribution >= 0.6 is 11.6 Å². The summed E-state index contributed by atoms with van der Waals surface area (Å²) in [5, 5.41) is 0.820. The predicted octanol–water partition coefficient (Wildman–Crippen LogP) is 5.22. The third kappa shape index (κ3) is 3.22. The SMILES string of the molecule is CC(C)(C)[Si](C)(C)OC[C@@]1(C=O)CC=Cc2cc(Cl)ccc21. The van der Waals surface area contributed by atoms with Crippen molar-refractivity contribution in [2.45, 2.75) is 50.7 Å². The van der Waals surface area contributed by atoms with Crippen molar-refractivity contribution in [1.82, 2.24) is 0 Å². The molecule has 120 valence electrons. The molecule has 0 aliphatic heterocycles. The van der Waals surface area contributed by atoms with Gasteiger partial charge in [-0.1, -0.05) is 50.6 Å². The Morgan fingerprint density at radius 2 is 2.05 bits per heavy atom. The fourth-order valence-corrected chi connectivity index (χ4v) is 3.67. The lowest BCUT2D eigenvalue weighted by molar-refractivity contribution is -0.113. The van der Waals surface area contributed by atoms with Crippen molar-refractivity contribution in [2.24, 2.45) is 0 Å². The number of rotatable bonds is 4. The smallest absolute Gasteiger partial charge is 0.192 e. The summed E-state index contributed by atoms with van der Waals surface area (Å²) in [4.78, 5) is 12.0. The van der Waals surface area contributed by atoms with E-state index in [1.54, 1.807) is 0 Å². The zero-order valence-electron chi connectivity index (χ0n) is 14.1. The van der Waals surface area contributed by atoms with Gasteiger partial charge in [0.1, 0.15) is 6.29 Å². The van der Waals surface area contributed by atoms with Crippen LogP contribution in [0.2, 0.25) is 23.2 Å². The molecule has 0 bridgehead atoms. The summed E-state index contributed by atoms with van der Waals surface area (Å²) < 4.78 is 6.36. The maximum absolute atomic E-state index is 12.0. The normalized spacial score (nSPS) is 21.5. The molecule has 2 nitrogen and oxygen atoms in total. The standard InChI is InChI=1S/C18H25ClO2Si/c1-17(2,3)22(4,5)21-13-18(12-20)10-6-7-14-11-15(19)8-9-16(14)18/h6-9,11-12H,10,13H2,1-5H3/t18-/m0/s1. The van der Waals surface area contributed by atoms with Crippen LogP contribution in [0.1, 0.15) is 38.3 Å². The minimum Gasteiger partial charge on any atom is -0.415 e. The van der Waals surface area contributed by atoms with Crippen molar-refractivity contribution in [3.63, 3.8) is 0 Å². The Kier molecular flexibility index (Phi) is 4.72. The Bertz CT molecular complexity index is 602. The Morgan fingerprint density at radius 1 is 1.36 bits per heavy atom. The molecule has 1 aromatic carbocycles. The second-order valence-electron chi connectivity index (χ2n) is 7.66. The van der Waals surface area contributed by atoms with E-state index >= 15 is 0 Å². The van der Waals surface area contributed by atoms with Gasteiger partial charge >= 0.3 is 0 Å². The van der Waals surface area contributed by atoms with Crippen molar-refractivity contribution in [3.8, 4) is 0 Å². The van der Waals surface area contributed by atoms with E-state index in [-0.39, 0.29) is 5.04 Å². The Labute approximate surface area is 139 Å². The van der Waals surface area contributed by atoms with Crippen molar-refractivity contribution < 1.29 is 9.22 Å². The van der Waals surface area contributed by atoms with E-state index in [1.165, 1.54) is 0 Å². The average molecular weight is 337 g/mol. The highest BCUT2D eigenvalue weighted by Crippen LogP contribution is 2.40. The molecule has 0 saturated heterocycles. The molecular formula is C18H25ClO2Si. The molecule has 0 aromatic heterocycles. The van der Waals surface area contributed by atoms with Crippen LogP contribution in [0.5, 0.6) is 0 Å². The Hall–Kier alpha value is -0.903. The molecule has 4 heteroatoms. The number of halogens is 1. The molecule has 0 radical (unpaired) electrons. The van der Waals surface area contributed by atoms with Crippen LogP contribution in [0.25, 0.3) is 6.08 Å². The summed E-state index contributed by atoms with van der Waals surface area (Å²) in [6.07, 6.45) is 5.81. The lowest BCUT2D eigenvalue weighted by Gasteiger charge is -2.40. The van der Waals surface area contributed by atoms with Crippen LogP contribution in [0.15, 0.2) is 24.3 Å². The van der Waals surface area contributed by atoms with E-state index in [0.29, 0.717) is 18.1 Å². The molecule has 0 N–H and O–H groups in total. The first-order valence-electron chi connectivity index (χ1n) is 7.68. The van der Waals surface area contributed by atoms with Crippen molar-refractivity contribution in [1.29, 1.82) is 0 Å². The topological polar surface area (TPSA) is 26.3 Å². The molecular weight excluding hydrogens is 312 g/mol. The third-order valence-corrected chi connectivity index (χ3v) is 9.77. The van der Waals surface area contributed by atoms with Crippen LogP contribution < -0.4 is 0 Å². The quantitative estimate of drug-likeness (QED) is 0.557. The van der Waals surface area contributed by atoms with E-state index in [1.807, 2.05) is 30.4 Å². The maximum Gasteiger partial charge on any atom is 0.192 e. The van der Waals surface area contributed by atoms with Gasteiger partial charge in [0.2, 0.25) is 0 Å². The second-order valence-corrected chi connectivity index (χ2v) is 12.9. The molecule has 0 unspecified atom stereocenters. The minimum absolute atomic E-state index is 0.129. The van der Waals surface area contributed by atoms with E-state index in [4.69, 9.17) is 16.0 Å². The van der Waals surface area contributed by atoms with Crippen LogP contribution in [-0.2, 0) is 14.6 Å². The number of benzene rings is 1. The predicted molar refractivity (Wildman–Crippen MR) is 96.0 cm³/mol. The van der Waals surface area contributed by atoms with Gasteiger partial charge in [0.05, 0.1) is 12.0 Å². The van der Waals surface area contributed by atoms with Crippen LogP contribution in [0.4, 0.5) is 0 Å². The average Bonchev–Trinajstić information content (AvgIpc) is 2.43. The number of aldehydes is 1. The van der Waals surface area contributed by atoms with Gasteiger partial charge in [-0.2, -0.15) is 0 Å². The van der Waals surface area contributed by atoms with Crippen LogP contribution in [0, 0.1) is 0 Å². The Morgan fingerprint density at radius 3 is 2.64 bits per heavy atom. The van der Waals surface area contributed by atoms with Crippen molar-refractivity contribution in [3.05, 3.63) is 40.4 Å². The summed E-state index contributed by atoms with van der Waals surface area (Å²) in [5.41, 5.74) is 1.45. The summed E-state index contributed by atoms with van der Waals surface area (Å²) in [6.45, 7) is 11.5. The first-order valence-corrected chi connectivity index (χ1v) is 11.0. The molecule has 22 heavy (non-hydrogen) atoms. The van der Waals surface area contributed by atoms with Gasteiger partial charge in [0.15, 0.2) is 8.32 Å². The van der Waals surface area contributed by atoms with E-state index in [2.05, 4.69) is 33.9 Å². The van der Waals surface area contributed by atoms with E-state index in [0.717, 1.165) is 17.4 Å². The zero-order chi connectivity index (χ0) is 16.6. The number of hydrogen-bond donors (Lipinski definition) is 0. The molecule has 0 amide bonds. The Balaban J connectivity index is 2.32. The van der Waals surface area contributed by atoms with Crippen LogP contribution in [-0.4, -0.2) is 21.2 Å². The monoisotopic (exact) mass is 336 g/mol. The zero-order valence-corrected chi connectivity index (χ0v) is 15.8. The number of carbonyl (C=O) groups excluding carboxylic acids is 1.